The van der Waals surface area contributed by atoms with Crippen LogP contribution in [0.15, 0.2) is 42.5 Å². The van der Waals surface area contributed by atoms with Crippen molar-refractivity contribution in [3.05, 3.63) is 59.2 Å². The zero-order valence-electron chi connectivity index (χ0n) is 24.9. The molecule has 0 radical (unpaired) electrons. The highest BCUT2D eigenvalue weighted by Crippen LogP contribution is 2.32. The topological polar surface area (TPSA) is 108 Å². The molecule has 220 valence electrons. The minimum atomic E-state index is -1.12. The van der Waals surface area contributed by atoms with Gasteiger partial charge in [-0.15, -0.1) is 0 Å². The summed E-state index contributed by atoms with van der Waals surface area (Å²) < 4.78 is 5.45. The maximum atomic E-state index is 14.2. The van der Waals surface area contributed by atoms with E-state index in [1.54, 1.807) is 50.7 Å². The van der Waals surface area contributed by atoms with Crippen LogP contribution in [-0.2, 0) is 14.3 Å². The summed E-state index contributed by atoms with van der Waals surface area (Å²) in [7, 11) is 0. The third kappa shape index (κ3) is 9.77. The molecular formula is C31H45N3O5S. The van der Waals surface area contributed by atoms with E-state index in [1.807, 2.05) is 38.3 Å². The van der Waals surface area contributed by atoms with Crippen molar-refractivity contribution in [1.82, 2.24) is 10.2 Å². The van der Waals surface area contributed by atoms with E-state index in [0.717, 1.165) is 24.0 Å². The lowest BCUT2D eigenvalue weighted by Crippen LogP contribution is -2.52. The van der Waals surface area contributed by atoms with Crippen molar-refractivity contribution in [1.29, 1.82) is 0 Å². The smallest absolute Gasteiger partial charge is 0.408 e. The molecule has 0 aliphatic heterocycles. The molecule has 0 aromatic heterocycles. The highest BCUT2D eigenvalue weighted by molar-refractivity contribution is 7.98. The van der Waals surface area contributed by atoms with Crippen LogP contribution >= 0.6 is 11.8 Å². The number of ether oxygens (including phenoxy) is 1. The van der Waals surface area contributed by atoms with Crippen LogP contribution in [0.3, 0.4) is 0 Å². The lowest BCUT2D eigenvalue weighted by atomic mass is 10.00. The predicted octanol–water partition coefficient (Wildman–Crippen LogP) is 6.35. The number of thioether (sulfide) groups is 1. The van der Waals surface area contributed by atoms with Crippen LogP contribution in [0.4, 0.5) is 10.5 Å². The van der Waals surface area contributed by atoms with Crippen LogP contribution in [0, 0.1) is 13.8 Å². The molecule has 0 saturated carbocycles. The zero-order chi connectivity index (χ0) is 29.9. The second-order valence-electron chi connectivity index (χ2n) is 10.9. The minimum absolute atomic E-state index is 0.0850. The Hall–Kier alpha value is -3.20. The van der Waals surface area contributed by atoms with Crippen molar-refractivity contribution in [2.45, 2.75) is 84.9 Å². The Morgan fingerprint density at radius 3 is 2.25 bits per heavy atom. The molecule has 3 amide bonds. The first kappa shape index (κ1) is 33.0. The monoisotopic (exact) mass is 571 g/mol. The first-order valence-corrected chi connectivity index (χ1v) is 15.2. The van der Waals surface area contributed by atoms with Gasteiger partial charge in [0.25, 0.3) is 5.91 Å². The number of hydrogen-bond acceptors (Lipinski definition) is 6. The molecule has 0 spiro atoms. The highest BCUT2D eigenvalue weighted by Gasteiger charge is 2.37. The number of aryl methyl sites for hydroxylation is 2. The summed E-state index contributed by atoms with van der Waals surface area (Å²) in [6.07, 6.45) is 4.02. The molecule has 0 aliphatic carbocycles. The van der Waals surface area contributed by atoms with E-state index in [2.05, 4.69) is 17.6 Å². The quantitative estimate of drug-likeness (QED) is 0.242. The molecule has 2 rings (SSSR count). The molecule has 0 aliphatic rings. The van der Waals surface area contributed by atoms with Gasteiger partial charge in [-0.05, 0) is 76.7 Å². The fourth-order valence-electron chi connectivity index (χ4n) is 4.41. The number of alkyl carbamates (subject to hydrolysis) is 1. The number of rotatable bonds is 13. The SMILES string of the molecule is CCCCCN(C(=O)C(CCSC)NC(=O)OC(C)(C)C)C(C(=O)Nc1c(C)cccc1C)c1ccccc1O. The Balaban J connectivity index is 2.57. The Bertz CT molecular complexity index is 1130. The predicted molar refractivity (Wildman–Crippen MR) is 163 cm³/mol. The van der Waals surface area contributed by atoms with Crippen molar-refractivity contribution in [2.24, 2.45) is 0 Å². The van der Waals surface area contributed by atoms with Gasteiger partial charge in [-0.3, -0.25) is 9.59 Å². The fraction of sp³-hybridized carbons (Fsp3) is 0.516. The summed E-state index contributed by atoms with van der Waals surface area (Å²) in [4.78, 5) is 42.5. The Morgan fingerprint density at radius 1 is 1.02 bits per heavy atom. The van der Waals surface area contributed by atoms with Crippen molar-refractivity contribution in [2.75, 3.05) is 23.9 Å². The number of phenols is 1. The van der Waals surface area contributed by atoms with E-state index in [-0.39, 0.29) is 12.3 Å². The molecule has 0 bridgehead atoms. The number of para-hydroxylation sites is 2. The van der Waals surface area contributed by atoms with Crippen molar-refractivity contribution in [3.8, 4) is 5.75 Å². The van der Waals surface area contributed by atoms with Crippen LogP contribution in [0.2, 0.25) is 0 Å². The molecule has 2 atom stereocenters. The maximum Gasteiger partial charge on any atom is 0.408 e. The molecule has 9 heteroatoms. The van der Waals surface area contributed by atoms with E-state index < -0.39 is 35.6 Å². The number of carbonyl (C=O) groups excluding carboxylic acids is 3. The second-order valence-corrected chi connectivity index (χ2v) is 11.9. The summed E-state index contributed by atoms with van der Waals surface area (Å²) in [6, 6.07) is 10.3. The van der Waals surface area contributed by atoms with Crippen molar-refractivity contribution >= 4 is 35.4 Å². The summed E-state index contributed by atoms with van der Waals surface area (Å²) in [5, 5.41) is 16.6. The molecule has 3 N–H and O–H groups in total. The normalized spacial score (nSPS) is 12.8. The van der Waals surface area contributed by atoms with E-state index in [1.165, 1.54) is 11.0 Å². The van der Waals surface area contributed by atoms with Crippen molar-refractivity contribution in [3.63, 3.8) is 0 Å². The molecule has 0 heterocycles. The largest absolute Gasteiger partial charge is 0.508 e. The number of phenolic OH excluding ortho intramolecular Hbond substituents is 1. The van der Waals surface area contributed by atoms with Crippen LogP contribution in [0.5, 0.6) is 5.75 Å². The molecule has 2 unspecified atom stereocenters. The van der Waals surface area contributed by atoms with Gasteiger partial charge < -0.3 is 25.4 Å². The molecule has 0 saturated heterocycles. The Labute approximate surface area is 243 Å². The number of aromatic hydroxyl groups is 1. The number of nitrogens with zero attached hydrogens (tertiary/aromatic N) is 1. The number of anilines is 1. The number of nitrogens with one attached hydrogen (secondary N) is 2. The molecular weight excluding hydrogens is 526 g/mol. The van der Waals surface area contributed by atoms with Gasteiger partial charge in [0.05, 0.1) is 0 Å². The molecule has 40 heavy (non-hydrogen) atoms. The number of amides is 3. The molecule has 8 nitrogen and oxygen atoms in total. The van der Waals surface area contributed by atoms with Gasteiger partial charge in [-0.1, -0.05) is 56.2 Å². The van der Waals surface area contributed by atoms with Gasteiger partial charge in [0.1, 0.15) is 23.4 Å². The zero-order valence-corrected chi connectivity index (χ0v) is 25.7. The third-order valence-corrected chi connectivity index (χ3v) is 7.05. The average Bonchev–Trinajstić information content (AvgIpc) is 2.87. The Kier molecular flexibility index (Phi) is 12.8. The number of carbonyl (C=O) groups is 3. The number of benzene rings is 2. The van der Waals surface area contributed by atoms with Crippen molar-refractivity contribution < 1.29 is 24.2 Å². The maximum absolute atomic E-state index is 14.2. The third-order valence-electron chi connectivity index (χ3n) is 6.41. The standard InChI is InChI=1S/C31H45N3O5S/c1-8-9-12-19-34(29(37)24(18-20-40-7)32-30(38)39-31(4,5)6)27(23-16-10-11-17-25(23)35)28(36)33-26-21(2)14-13-15-22(26)3/h10-11,13-17,24,27,35H,8-9,12,18-20H2,1-7H3,(H,32,38)(H,33,36). The summed E-state index contributed by atoms with van der Waals surface area (Å²) in [5.41, 5.74) is 2.02. The van der Waals surface area contributed by atoms with Gasteiger partial charge in [-0.25, -0.2) is 4.79 Å². The minimum Gasteiger partial charge on any atom is -0.508 e. The van der Waals surface area contributed by atoms with E-state index in [9.17, 15) is 19.5 Å². The first-order chi connectivity index (χ1) is 18.9. The van der Waals surface area contributed by atoms with E-state index in [4.69, 9.17) is 4.74 Å². The van der Waals surface area contributed by atoms with Crippen LogP contribution < -0.4 is 10.6 Å². The molecule has 2 aromatic carbocycles. The molecule has 2 aromatic rings. The second kappa shape index (κ2) is 15.6. The number of unbranched alkanes of at least 4 members (excludes halogenated alkanes) is 2. The summed E-state index contributed by atoms with van der Waals surface area (Å²) >= 11 is 1.56. The van der Waals surface area contributed by atoms with E-state index in [0.29, 0.717) is 29.8 Å². The van der Waals surface area contributed by atoms with Gasteiger partial charge in [0.15, 0.2) is 0 Å². The summed E-state index contributed by atoms with van der Waals surface area (Å²) in [6.45, 7) is 11.4. The molecule has 0 fully saturated rings. The first-order valence-electron chi connectivity index (χ1n) is 13.8. The highest BCUT2D eigenvalue weighted by atomic mass is 32.2. The van der Waals surface area contributed by atoms with E-state index >= 15 is 0 Å². The van der Waals surface area contributed by atoms with Gasteiger partial charge in [-0.2, -0.15) is 11.8 Å². The van der Waals surface area contributed by atoms with Crippen LogP contribution in [-0.4, -0.2) is 58.1 Å². The van der Waals surface area contributed by atoms with Gasteiger partial charge in [0, 0.05) is 17.8 Å². The average molecular weight is 572 g/mol. The number of hydrogen-bond donors (Lipinski definition) is 3. The van der Waals surface area contributed by atoms with Gasteiger partial charge in [0.2, 0.25) is 5.91 Å². The fourth-order valence-corrected chi connectivity index (χ4v) is 4.89. The van der Waals surface area contributed by atoms with Gasteiger partial charge >= 0.3 is 6.09 Å². The van der Waals surface area contributed by atoms with Crippen LogP contribution in [0.1, 0.15) is 76.1 Å². The Morgan fingerprint density at radius 2 is 1.68 bits per heavy atom. The lowest BCUT2D eigenvalue weighted by Gasteiger charge is -2.35. The lowest BCUT2D eigenvalue weighted by molar-refractivity contribution is -0.141. The van der Waals surface area contributed by atoms with Crippen LogP contribution in [0.25, 0.3) is 0 Å². The summed E-state index contributed by atoms with van der Waals surface area (Å²) in [5.74, 6) is -0.311.